The van der Waals surface area contributed by atoms with E-state index in [-0.39, 0.29) is 0 Å². The second-order valence-corrected chi connectivity index (χ2v) is 5.66. The van der Waals surface area contributed by atoms with Gasteiger partial charge in [-0.05, 0) is 25.2 Å². The highest BCUT2D eigenvalue weighted by Gasteiger charge is 2.20. The minimum Gasteiger partial charge on any atom is -0.379 e. The SMILES string of the molecule is CC1CCN(c2cc(NC3CCCOC3)ncn2)C1. The van der Waals surface area contributed by atoms with Crippen LogP contribution in [0.3, 0.4) is 0 Å². The van der Waals surface area contributed by atoms with Crippen LogP contribution in [0.2, 0.25) is 0 Å². The Balaban J connectivity index is 1.65. The Morgan fingerprint density at radius 1 is 1.37 bits per heavy atom. The van der Waals surface area contributed by atoms with Crippen LogP contribution in [-0.4, -0.2) is 42.3 Å². The van der Waals surface area contributed by atoms with E-state index < -0.39 is 0 Å². The maximum atomic E-state index is 5.48. The van der Waals surface area contributed by atoms with Gasteiger partial charge in [-0.2, -0.15) is 0 Å². The van der Waals surface area contributed by atoms with Gasteiger partial charge in [-0.3, -0.25) is 0 Å². The number of nitrogens with zero attached hydrogens (tertiary/aromatic N) is 3. The van der Waals surface area contributed by atoms with E-state index in [1.807, 2.05) is 0 Å². The number of aromatic nitrogens is 2. The number of ether oxygens (including phenoxy) is 1. The zero-order valence-electron chi connectivity index (χ0n) is 11.5. The lowest BCUT2D eigenvalue weighted by molar-refractivity contribution is 0.0875. The van der Waals surface area contributed by atoms with E-state index >= 15 is 0 Å². The summed E-state index contributed by atoms with van der Waals surface area (Å²) in [7, 11) is 0. The Hall–Kier alpha value is -1.36. The molecule has 0 aromatic carbocycles. The van der Waals surface area contributed by atoms with Crippen LogP contribution in [0.25, 0.3) is 0 Å². The van der Waals surface area contributed by atoms with Crippen molar-refractivity contribution in [1.29, 1.82) is 0 Å². The number of nitrogens with one attached hydrogen (secondary N) is 1. The Morgan fingerprint density at radius 3 is 3.05 bits per heavy atom. The molecule has 0 aliphatic carbocycles. The quantitative estimate of drug-likeness (QED) is 0.902. The minimum atomic E-state index is 0.383. The highest BCUT2D eigenvalue weighted by atomic mass is 16.5. The van der Waals surface area contributed by atoms with Crippen LogP contribution in [0, 0.1) is 5.92 Å². The molecule has 5 heteroatoms. The molecule has 0 radical (unpaired) electrons. The largest absolute Gasteiger partial charge is 0.379 e. The van der Waals surface area contributed by atoms with Gasteiger partial charge in [0.05, 0.1) is 12.6 Å². The molecule has 2 aliphatic rings. The first kappa shape index (κ1) is 12.7. The average Bonchev–Trinajstić information content (AvgIpc) is 2.87. The van der Waals surface area contributed by atoms with Gasteiger partial charge < -0.3 is 15.0 Å². The van der Waals surface area contributed by atoms with Gasteiger partial charge in [0.1, 0.15) is 18.0 Å². The van der Waals surface area contributed by atoms with E-state index in [1.165, 1.54) is 6.42 Å². The highest BCUT2D eigenvalue weighted by Crippen LogP contribution is 2.23. The molecule has 0 bridgehead atoms. The lowest BCUT2D eigenvalue weighted by atomic mass is 10.1. The summed E-state index contributed by atoms with van der Waals surface area (Å²) >= 11 is 0. The Labute approximate surface area is 114 Å². The van der Waals surface area contributed by atoms with Crippen molar-refractivity contribution in [3.63, 3.8) is 0 Å². The number of anilines is 2. The van der Waals surface area contributed by atoms with Crippen LogP contribution in [0.5, 0.6) is 0 Å². The van der Waals surface area contributed by atoms with Crippen molar-refractivity contribution in [2.24, 2.45) is 5.92 Å². The molecule has 3 rings (SSSR count). The summed E-state index contributed by atoms with van der Waals surface area (Å²) in [6, 6.07) is 2.45. The fourth-order valence-corrected chi connectivity index (χ4v) is 2.81. The predicted octanol–water partition coefficient (Wildman–Crippen LogP) is 1.91. The standard InChI is InChI=1S/C14H22N4O/c1-11-4-5-18(8-11)14-7-13(15-10-16-14)17-12-3-2-6-19-9-12/h7,10-12H,2-6,8-9H2,1H3,(H,15,16,17). The summed E-state index contributed by atoms with van der Waals surface area (Å²) < 4.78 is 5.48. The molecule has 2 unspecified atom stereocenters. The predicted molar refractivity (Wildman–Crippen MR) is 75.5 cm³/mol. The van der Waals surface area contributed by atoms with Crippen LogP contribution >= 0.6 is 0 Å². The van der Waals surface area contributed by atoms with Crippen LogP contribution in [0.15, 0.2) is 12.4 Å². The van der Waals surface area contributed by atoms with E-state index in [0.29, 0.717) is 6.04 Å². The molecule has 19 heavy (non-hydrogen) atoms. The summed E-state index contributed by atoms with van der Waals surface area (Å²) in [5.74, 6) is 2.72. The van der Waals surface area contributed by atoms with Gasteiger partial charge in [-0.25, -0.2) is 9.97 Å². The molecule has 1 N–H and O–H groups in total. The Bertz CT molecular complexity index is 420. The first-order valence-corrected chi connectivity index (χ1v) is 7.22. The van der Waals surface area contributed by atoms with Gasteiger partial charge in [-0.1, -0.05) is 6.92 Å². The summed E-state index contributed by atoms with van der Waals surface area (Å²) in [6.07, 6.45) is 5.19. The molecule has 0 amide bonds. The molecule has 2 saturated heterocycles. The van der Waals surface area contributed by atoms with Gasteiger partial charge in [0, 0.05) is 25.8 Å². The molecule has 1 aromatic heterocycles. The highest BCUT2D eigenvalue weighted by molar-refractivity contribution is 5.49. The number of rotatable bonds is 3. The maximum Gasteiger partial charge on any atom is 0.134 e. The summed E-state index contributed by atoms with van der Waals surface area (Å²) in [5.41, 5.74) is 0. The maximum absolute atomic E-state index is 5.48. The van der Waals surface area contributed by atoms with Crippen LogP contribution in [-0.2, 0) is 4.74 Å². The Morgan fingerprint density at radius 2 is 2.32 bits per heavy atom. The van der Waals surface area contributed by atoms with Gasteiger partial charge in [0.15, 0.2) is 0 Å². The van der Waals surface area contributed by atoms with Crippen molar-refractivity contribution < 1.29 is 4.74 Å². The van der Waals surface area contributed by atoms with E-state index in [4.69, 9.17) is 4.74 Å². The van der Waals surface area contributed by atoms with E-state index in [9.17, 15) is 0 Å². The molecule has 0 saturated carbocycles. The van der Waals surface area contributed by atoms with Crippen molar-refractivity contribution in [3.05, 3.63) is 12.4 Å². The summed E-state index contributed by atoms with van der Waals surface area (Å²) in [5, 5.41) is 3.45. The van der Waals surface area contributed by atoms with E-state index in [0.717, 1.165) is 56.7 Å². The molecule has 3 heterocycles. The fraction of sp³-hybridized carbons (Fsp3) is 0.714. The van der Waals surface area contributed by atoms with Gasteiger partial charge >= 0.3 is 0 Å². The molecule has 2 aliphatic heterocycles. The van der Waals surface area contributed by atoms with Crippen molar-refractivity contribution in [3.8, 4) is 0 Å². The second-order valence-electron chi connectivity index (χ2n) is 5.66. The third kappa shape index (κ3) is 3.15. The molecule has 2 atom stereocenters. The molecule has 0 spiro atoms. The zero-order chi connectivity index (χ0) is 13.1. The first-order chi connectivity index (χ1) is 9.31. The fourth-order valence-electron chi connectivity index (χ4n) is 2.81. The monoisotopic (exact) mass is 262 g/mol. The number of hydrogen-bond donors (Lipinski definition) is 1. The lowest BCUT2D eigenvalue weighted by Gasteiger charge is -2.24. The smallest absolute Gasteiger partial charge is 0.134 e. The molecule has 2 fully saturated rings. The van der Waals surface area contributed by atoms with Crippen LogP contribution < -0.4 is 10.2 Å². The van der Waals surface area contributed by atoms with Gasteiger partial charge in [-0.15, -0.1) is 0 Å². The molecule has 1 aromatic rings. The van der Waals surface area contributed by atoms with Crippen molar-refractivity contribution in [1.82, 2.24) is 9.97 Å². The van der Waals surface area contributed by atoms with Gasteiger partial charge in [0.2, 0.25) is 0 Å². The van der Waals surface area contributed by atoms with Crippen molar-refractivity contribution in [2.45, 2.75) is 32.2 Å². The lowest BCUT2D eigenvalue weighted by Crippen LogP contribution is -2.30. The normalized spacial score (nSPS) is 27.5. The van der Waals surface area contributed by atoms with Crippen molar-refractivity contribution >= 4 is 11.6 Å². The molecular formula is C14H22N4O. The summed E-state index contributed by atoms with van der Waals surface area (Å²) in [6.45, 7) is 6.16. The van der Waals surface area contributed by atoms with Crippen molar-refractivity contribution in [2.75, 3.05) is 36.5 Å². The van der Waals surface area contributed by atoms with Gasteiger partial charge in [0.25, 0.3) is 0 Å². The van der Waals surface area contributed by atoms with Crippen LogP contribution in [0.4, 0.5) is 11.6 Å². The van der Waals surface area contributed by atoms with E-state index in [1.54, 1.807) is 6.33 Å². The van der Waals surface area contributed by atoms with Crippen LogP contribution in [0.1, 0.15) is 26.2 Å². The zero-order valence-corrected chi connectivity index (χ0v) is 11.5. The first-order valence-electron chi connectivity index (χ1n) is 7.22. The number of hydrogen-bond acceptors (Lipinski definition) is 5. The van der Waals surface area contributed by atoms with E-state index in [2.05, 4.69) is 33.2 Å². The summed E-state index contributed by atoms with van der Waals surface area (Å²) in [4.78, 5) is 11.1. The average molecular weight is 262 g/mol. The third-order valence-corrected chi connectivity index (χ3v) is 3.91. The molecular weight excluding hydrogens is 240 g/mol. The molecule has 5 nitrogen and oxygen atoms in total. The second kappa shape index (κ2) is 5.74. The molecule has 104 valence electrons. The third-order valence-electron chi connectivity index (χ3n) is 3.91. The Kier molecular flexibility index (Phi) is 3.82. The minimum absolute atomic E-state index is 0.383. The topological polar surface area (TPSA) is 50.3 Å².